The van der Waals surface area contributed by atoms with Gasteiger partial charge < -0.3 is 30.5 Å². The van der Waals surface area contributed by atoms with Crippen molar-refractivity contribution in [3.05, 3.63) is 30.6 Å². The van der Waals surface area contributed by atoms with E-state index in [1.807, 2.05) is 24.3 Å². The lowest BCUT2D eigenvalue weighted by Gasteiger charge is -2.19. The number of carbonyl (C=O) groups excluding carboxylic acids is 1. The van der Waals surface area contributed by atoms with Crippen molar-refractivity contribution in [2.45, 2.75) is 18.3 Å². The van der Waals surface area contributed by atoms with Crippen LogP contribution in [0, 0.1) is 0 Å². The molecule has 0 radical (unpaired) electrons. The van der Waals surface area contributed by atoms with Crippen LogP contribution < -0.4 is 0 Å². The lowest BCUT2D eigenvalue weighted by atomic mass is 10.1. The van der Waals surface area contributed by atoms with E-state index < -0.39 is 37.3 Å². The number of ketones is 1. The number of aliphatic hydroxyl groups excluding tert-OH is 5. The zero-order valence-corrected chi connectivity index (χ0v) is 11.1. The first-order valence-corrected chi connectivity index (χ1v) is 6.18. The van der Waals surface area contributed by atoms with E-state index in [-0.39, 0.29) is 0 Å². The minimum atomic E-state index is -1.86. The Morgan fingerprint density at radius 2 is 1.86 bits per heavy atom. The van der Waals surface area contributed by atoms with Crippen LogP contribution in [0.25, 0.3) is 11.0 Å². The number of hydrogen-bond donors (Lipinski definition) is 6. The summed E-state index contributed by atoms with van der Waals surface area (Å²) < 4.78 is 0. The second-order valence-corrected chi connectivity index (χ2v) is 4.23. The van der Waals surface area contributed by atoms with Crippen molar-refractivity contribution in [1.29, 1.82) is 0 Å². The lowest BCUT2D eigenvalue weighted by Crippen LogP contribution is -2.44. The number of aliphatic hydroxyl groups is 5. The van der Waals surface area contributed by atoms with Gasteiger partial charge in [-0.25, -0.2) is 4.98 Å². The van der Waals surface area contributed by atoms with Crippen molar-refractivity contribution in [2.75, 3.05) is 13.2 Å². The molecule has 2 aromatic rings. The van der Waals surface area contributed by atoms with Crippen molar-refractivity contribution in [3.8, 4) is 0 Å². The van der Waals surface area contributed by atoms with Gasteiger partial charge in [0.1, 0.15) is 24.9 Å². The van der Waals surface area contributed by atoms with Crippen molar-refractivity contribution in [3.63, 3.8) is 0 Å². The van der Waals surface area contributed by atoms with Crippen molar-refractivity contribution in [1.82, 2.24) is 9.97 Å². The minimum Gasteiger partial charge on any atom is -0.394 e. The van der Waals surface area contributed by atoms with Gasteiger partial charge in [-0.3, -0.25) is 4.79 Å². The summed E-state index contributed by atoms with van der Waals surface area (Å²) in [5, 5.41) is 43.1. The molecule has 1 heterocycles. The largest absolute Gasteiger partial charge is 0.394 e. The second-order valence-electron chi connectivity index (χ2n) is 4.23. The summed E-state index contributed by atoms with van der Waals surface area (Å²) in [6.07, 6.45) is -3.52. The number of fused-ring (bicyclic) bond motifs is 1. The number of Topliss-reactive ketones (excluding diaryl/α,β-unsaturated/α-hetero) is 1. The number of aromatic amines is 1. The summed E-state index contributed by atoms with van der Waals surface area (Å²) in [6, 6.07) is 7.94. The lowest BCUT2D eigenvalue weighted by molar-refractivity contribution is -0.142. The molecular weight excluding hydrogens is 280 g/mol. The van der Waals surface area contributed by atoms with E-state index in [4.69, 9.17) is 25.5 Å². The minimum absolute atomic E-state index is 0.767. The number of para-hydroxylation sites is 2. The van der Waals surface area contributed by atoms with Crippen LogP contribution in [0.1, 0.15) is 0 Å². The third-order valence-electron chi connectivity index (χ3n) is 2.72. The topological polar surface area (TPSA) is 147 Å². The zero-order valence-electron chi connectivity index (χ0n) is 11.1. The Morgan fingerprint density at radius 3 is 2.43 bits per heavy atom. The third kappa shape index (κ3) is 4.88. The molecule has 21 heavy (non-hydrogen) atoms. The molecule has 8 nitrogen and oxygen atoms in total. The molecule has 0 bridgehead atoms. The highest BCUT2D eigenvalue weighted by Gasteiger charge is 2.28. The highest BCUT2D eigenvalue weighted by atomic mass is 16.4. The normalized spacial score (nSPS) is 14.9. The summed E-state index contributed by atoms with van der Waals surface area (Å²) in [5.74, 6) is -1.00. The van der Waals surface area contributed by atoms with Gasteiger partial charge in [0.2, 0.25) is 0 Å². The molecule has 0 fully saturated rings. The molecule has 6 N–H and O–H groups in total. The molecule has 0 aliphatic carbocycles. The van der Waals surface area contributed by atoms with Crippen LogP contribution in [0.15, 0.2) is 30.6 Å². The van der Waals surface area contributed by atoms with Crippen molar-refractivity contribution >= 4 is 16.8 Å². The average Bonchev–Trinajstić information content (AvgIpc) is 3.01. The number of carbonyl (C=O) groups is 1. The van der Waals surface area contributed by atoms with E-state index in [1.165, 1.54) is 0 Å². The Hall–Kier alpha value is -1.84. The van der Waals surface area contributed by atoms with Crippen LogP contribution in [0.2, 0.25) is 0 Å². The quantitative estimate of drug-likeness (QED) is 0.381. The molecule has 0 spiro atoms. The Balaban J connectivity index is 0.000000216. The van der Waals surface area contributed by atoms with Gasteiger partial charge >= 0.3 is 0 Å². The van der Waals surface area contributed by atoms with Crippen LogP contribution in [0.4, 0.5) is 0 Å². The van der Waals surface area contributed by atoms with Gasteiger partial charge in [-0.1, -0.05) is 12.1 Å². The van der Waals surface area contributed by atoms with Crippen LogP contribution in [0.5, 0.6) is 0 Å². The van der Waals surface area contributed by atoms with Gasteiger partial charge in [0.25, 0.3) is 0 Å². The van der Waals surface area contributed by atoms with Crippen LogP contribution >= 0.6 is 0 Å². The number of imidazole rings is 1. The Morgan fingerprint density at radius 1 is 1.19 bits per heavy atom. The average molecular weight is 298 g/mol. The highest BCUT2D eigenvalue weighted by Crippen LogP contribution is 2.05. The fourth-order valence-electron chi connectivity index (χ4n) is 1.48. The number of nitrogens with zero attached hydrogens (tertiary/aromatic N) is 1. The first kappa shape index (κ1) is 17.2. The Kier molecular flexibility index (Phi) is 6.92. The fraction of sp³-hybridized carbons (Fsp3) is 0.385. The maximum atomic E-state index is 10.5. The van der Waals surface area contributed by atoms with E-state index in [1.54, 1.807) is 6.33 Å². The Labute approximate surface area is 120 Å². The predicted molar refractivity (Wildman–Crippen MR) is 73.3 cm³/mol. The van der Waals surface area contributed by atoms with Gasteiger partial charge in [-0.15, -0.1) is 0 Å². The van der Waals surface area contributed by atoms with Crippen molar-refractivity contribution < 1.29 is 30.3 Å². The zero-order chi connectivity index (χ0) is 15.8. The van der Waals surface area contributed by atoms with Gasteiger partial charge in [0, 0.05) is 0 Å². The second kappa shape index (κ2) is 8.45. The molecule has 0 saturated carbocycles. The molecule has 1 aromatic carbocycles. The maximum absolute atomic E-state index is 10.5. The van der Waals surface area contributed by atoms with E-state index in [9.17, 15) is 4.79 Å². The first-order valence-electron chi connectivity index (χ1n) is 6.18. The van der Waals surface area contributed by atoms with E-state index in [0.29, 0.717) is 0 Å². The molecule has 0 amide bonds. The van der Waals surface area contributed by atoms with Crippen molar-refractivity contribution in [2.24, 2.45) is 0 Å². The van der Waals surface area contributed by atoms with E-state index in [2.05, 4.69) is 9.97 Å². The van der Waals surface area contributed by atoms with Crippen LogP contribution in [-0.2, 0) is 4.79 Å². The maximum Gasteiger partial charge on any atom is 0.189 e. The summed E-state index contributed by atoms with van der Waals surface area (Å²) in [5.41, 5.74) is 2.12. The summed E-state index contributed by atoms with van der Waals surface area (Å²) in [7, 11) is 0. The van der Waals surface area contributed by atoms with Gasteiger partial charge in [-0.2, -0.15) is 0 Å². The molecule has 0 aliphatic heterocycles. The molecule has 8 heteroatoms. The smallest absolute Gasteiger partial charge is 0.189 e. The monoisotopic (exact) mass is 298 g/mol. The van der Waals surface area contributed by atoms with E-state index in [0.717, 1.165) is 11.0 Å². The molecule has 1 aromatic heterocycles. The van der Waals surface area contributed by atoms with Gasteiger partial charge in [-0.05, 0) is 12.1 Å². The number of rotatable bonds is 5. The molecule has 2 rings (SSSR count). The molecule has 116 valence electrons. The summed E-state index contributed by atoms with van der Waals surface area (Å²) in [6.45, 7) is -1.69. The summed E-state index contributed by atoms with van der Waals surface area (Å²) in [4.78, 5) is 17.6. The van der Waals surface area contributed by atoms with Crippen LogP contribution in [-0.4, -0.2) is 72.8 Å². The molecular formula is C13H18N2O6. The summed E-state index contributed by atoms with van der Waals surface area (Å²) >= 11 is 0. The SMILES string of the molecule is O=C(CO)C(O)C(O)C(O)CO.c1ccc2[nH]cnc2c1. The highest BCUT2D eigenvalue weighted by molar-refractivity contribution is 5.84. The predicted octanol–water partition coefficient (Wildman–Crippen LogP) is -1.81. The number of benzene rings is 1. The molecule has 3 atom stereocenters. The van der Waals surface area contributed by atoms with E-state index >= 15 is 0 Å². The first-order chi connectivity index (χ1) is 10.0. The standard InChI is InChI=1S/C7H6N2.C6H12O6/c1-2-4-7-6(3-1)8-5-9-7;7-1-3(9)5(11)6(12)4(10)2-8/h1-5H,(H,8,9);3,5-9,11-12H,1-2H2. The number of nitrogens with one attached hydrogen (secondary N) is 1. The molecule has 0 aliphatic rings. The van der Waals surface area contributed by atoms with Crippen LogP contribution in [0.3, 0.4) is 0 Å². The fourth-order valence-corrected chi connectivity index (χ4v) is 1.48. The molecule has 0 saturated heterocycles. The number of H-pyrrole nitrogens is 1. The Bertz CT molecular complexity index is 528. The number of hydrogen-bond acceptors (Lipinski definition) is 7. The third-order valence-corrected chi connectivity index (χ3v) is 2.72. The number of aromatic nitrogens is 2. The van der Waals surface area contributed by atoms with Gasteiger partial charge in [0.15, 0.2) is 5.78 Å². The van der Waals surface area contributed by atoms with Gasteiger partial charge in [0.05, 0.1) is 24.0 Å². The molecule has 3 unspecified atom stereocenters.